The molecule has 3 nitrogen and oxygen atoms in total. The van der Waals surface area contributed by atoms with E-state index in [1.54, 1.807) is 0 Å². The van der Waals surface area contributed by atoms with E-state index in [1.165, 1.54) is 11.1 Å². The van der Waals surface area contributed by atoms with E-state index in [9.17, 15) is 0 Å². The predicted octanol–water partition coefficient (Wildman–Crippen LogP) is 1.49. The number of hydrogen-bond donors (Lipinski definition) is 1. The Kier molecular flexibility index (Phi) is 3.72. The molecule has 82 valence electrons. The normalized spacial score (nSPS) is 20.7. The van der Waals surface area contributed by atoms with E-state index in [-0.39, 0.29) is 6.10 Å². The molecule has 1 aliphatic rings. The van der Waals surface area contributed by atoms with Crippen LogP contribution in [0.1, 0.15) is 17.2 Å². The number of hydrogen-bond acceptors (Lipinski definition) is 3. The molecular weight excluding hydrogens is 190 g/mol. The summed E-state index contributed by atoms with van der Waals surface area (Å²) in [5, 5.41) is 3.14. The Hall–Kier alpha value is -0.900. The molecule has 0 radical (unpaired) electrons. The van der Waals surface area contributed by atoms with Gasteiger partial charge in [-0.3, -0.25) is 0 Å². The van der Waals surface area contributed by atoms with E-state index in [1.807, 2.05) is 7.05 Å². The van der Waals surface area contributed by atoms with Gasteiger partial charge in [-0.25, -0.2) is 0 Å². The first-order valence-electron chi connectivity index (χ1n) is 5.33. The van der Waals surface area contributed by atoms with E-state index in [0.29, 0.717) is 13.4 Å². The first-order chi connectivity index (χ1) is 7.40. The zero-order chi connectivity index (χ0) is 10.5. The third-order valence-corrected chi connectivity index (χ3v) is 2.64. The number of nitrogens with one attached hydrogen (secondary N) is 1. The van der Waals surface area contributed by atoms with Gasteiger partial charge in [0.1, 0.15) is 12.9 Å². The summed E-state index contributed by atoms with van der Waals surface area (Å²) < 4.78 is 10.6. The molecule has 2 rings (SSSR count). The van der Waals surface area contributed by atoms with Crippen molar-refractivity contribution in [3.8, 4) is 0 Å². The van der Waals surface area contributed by atoms with Crippen LogP contribution in [0.3, 0.4) is 0 Å². The molecule has 0 aromatic heterocycles. The SMILES string of the molecule is CNCCc1ccc(C2COCO2)cc1. The molecule has 0 amide bonds. The summed E-state index contributed by atoms with van der Waals surface area (Å²) in [6.45, 7) is 2.12. The predicted molar refractivity (Wildman–Crippen MR) is 58.7 cm³/mol. The first-order valence-corrected chi connectivity index (χ1v) is 5.33. The van der Waals surface area contributed by atoms with Crippen LogP contribution in [-0.4, -0.2) is 27.0 Å². The van der Waals surface area contributed by atoms with Crippen LogP contribution in [0, 0.1) is 0 Å². The smallest absolute Gasteiger partial charge is 0.147 e. The Bertz CT molecular complexity index is 291. The van der Waals surface area contributed by atoms with Crippen LogP contribution >= 0.6 is 0 Å². The molecule has 1 aromatic rings. The largest absolute Gasteiger partial charge is 0.352 e. The maximum absolute atomic E-state index is 5.43. The number of benzene rings is 1. The number of likely N-dealkylation sites (N-methyl/N-ethyl adjacent to an activating group) is 1. The summed E-state index contributed by atoms with van der Waals surface area (Å²) in [7, 11) is 1.97. The van der Waals surface area contributed by atoms with Gasteiger partial charge in [-0.15, -0.1) is 0 Å². The van der Waals surface area contributed by atoms with Crippen LogP contribution in [0.15, 0.2) is 24.3 Å². The fourth-order valence-electron chi connectivity index (χ4n) is 1.69. The summed E-state index contributed by atoms with van der Waals surface area (Å²) in [5.41, 5.74) is 2.56. The van der Waals surface area contributed by atoms with Crippen molar-refractivity contribution in [3.63, 3.8) is 0 Å². The van der Waals surface area contributed by atoms with Crippen LogP contribution in [0.25, 0.3) is 0 Å². The van der Waals surface area contributed by atoms with Gasteiger partial charge in [-0.2, -0.15) is 0 Å². The minimum atomic E-state index is 0.128. The maximum Gasteiger partial charge on any atom is 0.147 e. The standard InChI is InChI=1S/C12H17NO2/c1-13-7-6-10-2-4-11(5-3-10)12-8-14-9-15-12/h2-5,12-13H,6-9H2,1H3. The molecule has 0 aliphatic carbocycles. The van der Waals surface area contributed by atoms with E-state index in [2.05, 4.69) is 29.6 Å². The lowest BCUT2D eigenvalue weighted by atomic mass is 10.1. The molecule has 1 heterocycles. The molecular formula is C12H17NO2. The van der Waals surface area contributed by atoms with Gasteiger partial charge in [0, 0.05) is 0 Å². The lowest BCUT2D eigenvalue weighted by molar-refractivity contribution is 0.0466. The fourth-order valence-corrected chi connectivity index (χ4v) is 1.69. The van der Waals surface area contributed by atoms with Crippen LogP contribution < -0.4 is 5.32 Å². The molecule has 1 atom stereocenters. The van der Waals surface area contributed by atoms with Crippen molar-refractivity contribution in [1.82, 2.24) is 5.32 Å². The maximum atomic E-state index is 5.43. The summed E-state index contributed by atoms with van der Waals surface area (Å²) in [4.78, 5) is 0. The molecule has 15 heavy (non-hydrogen) atoms. The molecule has 0 spiro atoms. The van der Waals surface area contributed by atoms with Gasteiger partial charge < -0.3 is 14.8 Å². The number of ether oxygens (including phenoxy) is 2. The van der Waals surface area contributed by atoms with E-state index in [0.717, 1.165) is 13.0 Å². The van der Waals surface area contributed by atoms with Crippen molar-refractivity contribution < 1.29 is 9.47 Å². The van der Waals surface area contributed by atoms with Gasteiger partial charge in [0.25, 0.3) is 0 Å². The van der Waals surface area contributed by atoms with Crippen molar-refractivity contribution in [2.45, 2.75) is 12.5 Å². The van der Waals surface area contributed by atoms with Crippen molar-refractivity contribution in [2.24, 2.45) is 0 Å². The van der Waals surface area contributed by atoms with Gasteiger partial charge in [0.05, 0.1) is 6.61 Å². The quantitative estimate of drug-likeness (QED) is 0.811. The van der Waals surface area contributed by atoms with Crippen LogP contribution in [0.4, 0.5) is 0 Å². The third-order valence-electron chi connectivity index (χ3n) is 2.64. The zero-order valence-electron chi connectivity index (χ0n) is 9.03. The molecule has 1 fully saturated rings. The molecule has 1 saturated heterocycles. The highest BCUT2D eigenvalue weighted by molar-refractivity contribution is 5.24. The lowest BCUT2D eigenvalue weighted by Crippen LogP contribution is -2.10. The molecule has 1 aliphatic heterocycles. The van der Waals surface area contributed by atoms with E-state index in [4.69, 9.17) is 9.47 Å². The van der Waals surface area contributed by atoms with Crippen molar-refractivity contribution in [2.75, 3.05) is 27.0 Å². The molecule has 0 saturated carbocycles. The van der Waals surface area contributed by atoms with Crippen LogP contribution in [0.5, 0.6) is 0 Å². The Balaban J connectivity index is 1.96. The Morgan fingerprint density at radius 1 is 1.33 bits per heavy atom. The van der Waals surface area contributed by atoms with Gasteiger partial charge >= 0.3 is 0 Å². The van der Waals surface area contributed by atoms with Crippen molar-refractivity contribution >= 4 is 0 Å². The molecule has 1 unspecified atom stereocenters. The highest BCUT2D eigenvalue weighted by Gasteiger charge is 2.17. The minimum Gasteiger partial charge on any atom is -0.352 e. The second-order valence-corrected chi connectivity index (χ2v) is 3.74. The number of rotatable bonds is 4. The Labute approximate surface area is 90.4 Å². The average Bonchev–Trinajstić information content (AvgIpc) is 2.80. The second-order valence-electron chi connectivity index (χ2n) is 3.74. The van der Waals surface area contributed by atoms with Gasteiger partial charge in [-0.05, 0) is 31.1 Å². The molecule has 1 aromatic carbocycles. The van der Waals surface area contributed by atoms with Crippen molar-refractivity contribution in [3.05, 3.63) is 35.4 Å². The molecule has 1 N–H and O–H groups in total. The molecule has 0 bridgehead atoms. The van der Waals surface area contributed by atoms with Gasteiger partial charge in [-0.1, -0.05) is 24.3 Å². The van der Waals surface area contributed by atoms with E-state index < -0.39 is 0 Å². The molecule has 3 heteroatoms. The first kappa shape index (κ1) is 10.6. The Morgan fingerprint density at radius 2 is 2.13 bits per heavy atom. The van der Waals surface area contributed by atoms with Gasteiger partial charge in [0.2, 0.25) is 0 Å². The summed E-state index contributed by atoms with van der Waals surface area (Å²) in [5.74, 6) is 0. The minimum absolute atomic E-state index is 0.128. The third kappa shape index (κ3) is 2.78. The summed E-state index contributed by atoms with van der Waals surface area (Å²) in [6, 6.07) is 8.58. The van der Waals surface area contributed by atoms with Crippen LogP contribution in [-0.2, 0) is 15.9 Å². The lowest BCUT2D eigenvalue weighted by Gasteiger charge is -2.08. The highest BCUT2D eigenvalue weighted by atomic mass is 16.7. The average molecular weight is 207 g/mol. The highest BCUT2D eigenvalue weighted by Crippen LogP contribution is 2.22. The summed E-state index contributed by atoms with van der Waals surface area (Å²) >= 11 is 0. The van der Waals surface area contributed by atoms with Crippen LogP contribution in [0.2, 0.25) is 0 Å². The Morgan fingerprint density at radius 3 is 2.73 bits per heavy atom. The summed E-state index contributed by atoms with van der Waals surface area (Å²) in [6.07, 6.45) is 1.20. The fraction of sp³-hybridized carbons (Fsp3) is 0.500. The zero-order valence-corrected chi connectivity index (χ0v) is 9.03. The monoisotopic (exact) mass is 207 g/mol. The van der Waals surface area contributed by atoms with Gasteiger partial charge in [0.15, 0.2) is 0 Å². The van der Waals surface area contributed by atoms with E-state index >= 15 is 0 Å². The second kappa shape index (κ2) is 5.26. The topological polar surface area (TPSA) is 30.5 Å². The van der Waals surface area contributed by atoms with Crippen molar-refractivity contribution in [1.29, 1.82) is 0 Å².